The first-order chi connectivity index (χ1) is 17.9. The van der Waals surface area contributed by atoms with Crippen molar-refractivity contribution in [1.82, 2.24) is 15.2 Å². The van der Waals surface area contributed by atoms with E-state index in [-0.39, 0.29) is 12.3 Å². The molecule has 0 saturated heterocycles. The number of amides is 2. The molecule has 0 atom stereocenters. The van der Waals surface area contributed by atoms with E-state index in [0.717, 1.165) is 27.4 Å². The zero-order valence-corrected chi connectivity index (χ0v) is 21.5. The molecule has 5 rings (SSSR count). The summed E-state index contributed by atoms with van der Waals surface area (Å²) in [6, 6.07) is 31.1. The highest BCUT2D eigenvalue weighted by Gasteiger charge is 2.25. The van der Waals surface area contributed by atoms with Gasteiger partial charge in [-0.05, 0) is 34.9 Å². The summed E-state index contributed by atoms with van der Waals surface area (Å²) >= 11 is 0. The smallest absolute Gasteiger partial charge is 0.315 e. The van der Waals surface area contributed by atoms with E-state index in [9.17, 15) is 13.2 Å². The summed E-state index contributed by atoms with van der Waals surface area (Å²) in [5, 5.41) is 8.44. The van der Waals surface area contributed by atoms with Gasteiger partial charge < -0.3 is 15.2 Å². The maximum atomic E-state index is 13.5. The molecular formula is C30H29N3O3S. The Hall–Kier alpha value is -4.10. The Kier molecular flexibility index (Phi) is 6.97. The molecule has 2 amide bonds. The number of nitrogens with zero attached hydrogens (tertiary/aromatic N) is 1. The Morgan fingerprint density at radius 3 is 2.27 bits per heavy atom. The largest absolute Gasteiger partial charge is 0.339 e. The Labute approximate surface area is 216 Å². The molecule has 0 spiro atoms. The fourth-order valence-electron chi connectivity index (χ4n) is 4.85. The third-order valence-corrected chi connectivity index (χ3v) is 8.52. The van der Waals surface area contributed by atoms with Crippen LogP contribution in [0.2, 0.25) is 0 Å². The number of urea groups is 1. The Balaban J connectivity index is 1.27. The van der Waals surface area contributed by atoms with Gasteiger partial charge in [-0.25, -0.2) is 13.2 Å². The number of rotatable bonds is 8. The van der Waals surface area contributed by atoms with Gasteiger partial charge in [0.25, 0.3) is 0 Å². The van der Waals surface area contributed by atoms with E-state index < -0.39 is 15.9 Å². The van der Waals surface area contributed by atoms with Crippen LogP contribution in [0.3, 0.4) is 0 Å². The van der Waals surface area contributed by atoms with Crippen molar-refractivity contribution in [3.8, 4) is 0 Å². The second kappa shape index (κ2) is 10.5. The number of benzene rings is 4. The first-order valence-electron chi connectivity index (χ1n) is 12.3. The zero-order chi connectivity index (χ0) is 25.8. The van der Waals surface area contributed by atoms with E-state index in [2.05, 4.69) is 10.6 Å². The van der Waals surface area contributed by atoms with Crippen LogP contribution in [-0.2, 0) is 22.9 Å². The lowest BCUT2D eigenvalue weighted by atomic mass is 10.0. The molecule has 6 nitrogen and oxygen atoms in total. The number of nitrogens with one attached hydrogen (secondary N) is 2. The standard InChI is InChI=1S/C30H29N3O3S/c1-22-29(27-16-7-8-17-28(27)33(22)21-23-10-3-2-4-11-23)37(35,36)19-18-31-30(34)32-20-25-14-9-13-24-12-5-6-15-26(24)25/h2-17H,18-21H2,1H3,(H2,31,32,34). The third-order valence-electron chi connectivity index (χ3n) is 6.64. The number of carbonyl (C=O) groups is 1. The molecule has 0 aliphatic carbocycles. The molecule has 0 aliphatic heterocycles. The molecule has 0 bridgehead atoms. The first kappa shape index (κ1) is 24.6. The summed E-state index contributed by atoms with van der Waals surface area (Å²) in [5.41, 5.74) is 3.68. The van der Waals surface area contributed by atoms with Crippen LogP contribution in [0.5, 0.6) is 0 Å². The molecule has 4 aromatic carbocycles. The highest BCUT2D eigenvalue weighted by molar-refractivity contribution is 7.91. The second-order valence-corrected chi connectivity index (χ2v) is 11.1. The van der Waals surface area contributed by atoms with Gasteiger partial charge in [-0.2, -0.15) is 0 Å². The molecule has 7 heteroatoms. The van der Waals surface area contributed by atoms with Gasteiger partial charge in [0.2, 0.25) is 0 Å². The molecule has 0 unspecified atom stereocenters. The third kappa shape index (κ3) is 5.22. The monoisotopic (exact) mass is 511 g/mol. The normalized spacial score (nSPS) is 11.6. The van der Waals surface area contributed by atoms with Crippen LogP contribution in [-0.4, -0.2) is 31.3 Å². The maximum Gasteiger partial charge on any atom is 0.315 e. The fourth-order valence-corrected chi connectivity index (χ4v) is 6.49. The minimum Gasteiger partial charge on any atom is -0.339 e. The summed E-state index contributed by atoms with van der Waals surface area (Å²) in [6.07, 6.45) is 0. The van der Waals surface area contributed by atoms with Gasteiger partial charge in [-0.1, -0.05) is 91.0 Å². The topological polar surface area (TPSA) is 80.2 Å². The predicted molar refractivity (Wildman–Crippen MR) is 148 cm³/mol. The van der Waals surface area contributed by atoms with Crippen molar-refractivity contribution < 1.29 is 13.2 Å². The van der Waals surface area contributed by atoms with Gasteiger partial charge in [0.15, 0.2) is 9.84 Å². The van der Waals surface area contributed by atoms with Gasteiger partial charge in [0, 0.05) is 36.2 Å². The molecule has 188 valence electrons. The Bertz CT molecular complexity index is 1670. The van der Waals surface area contributed by atoms with Gasteiger partial charge in [-0.15, -0.1) is 0 Å². The molecule has 0 radical (unpaired) electrons. The quantitative estimate of drug-likeness (QED) is 0.292. The molecule has 2 N–H and O–H groups in total. The van der Waals surface area contributed by atoms with Gasteiger partial charge >= 0.3 is 6.03 Å². The van der Waals surface area contributed by atoms with Crippen LogP contribution >= 0.6 is 0 Å². The highest BCUT2D eigenvalue weighted by atomic mass is 32.2. The van der Waals surface area contributed by atoms with E-state index in [1.54, 1.807) is 0 Å². The number of para-hydroxylation sites is 1. The van der Waals surface area contributed by atoms with Crippen LogP contribution in [0.1, 0.15) is 16.8 Å². The van der Waals surface area contributed by atoms with E-state index in [4.69, 9.17) is 0 Å². The van der Waals surface area contributed by atoms with Crippen LogP contribution in [0.4, 0.5) is 4.79 Å². The molecule has 1 aromatic heterocycles. The van der Waals surface area contributed by atoms with Gasteiger partial charge in [-0.3, -0.25) is 0 Å². The highest BCUT2D eigenvalue weighted by Crippen LogP contribution is 2.31. The van der Waals surface area contributed by atoms with Crippen molar-refractivity contribution in [1.29, 1.82) is 0 Å². The fraction of sp³-hybridized carbons (Fsp3) is 0.167. The van der Waals surface area contributed by atoms with Gasteiger partial charge in [0.05, 0.1) is 10.6 Å². The van der Waals surface area contributed by atoms with Crippen LogP contribution in [0.25, 0.3) is 21.7 Å². The van der Waals surface area contributed by atoms with Gasteiger partial charge in [0.1, 0.15) is 0 Å². The second-order valence-electron chi connectivity index (χ2n) is 9.07. The van der Waals surface area contributed by atoms with Crippen molar-refractivity contribution in [3.63, 3.8) is 0 Å². The minimum absolute atomic E-state index is 0.0152. The SMILES string of the molecule is Cc1c(S(=O)(=O)CCNC(=O)NCc2cccc3ccccc23)c2ccccc2n1Cc1ccccc1. The van der Waals surface area contributed by atoms with Crippen LogP contribution < -0.4 is 10.6 Å². The van der Waals surface area contributed by atoms with Crippen molar-refractivity contribution >= 4 is 37.5 Å². The molecule has 0 aliphatic rings. The van der Waals surface area contributed by atoms with Crippen molar-refractivity contribution in [3.05, 3.63) is 114 Å². The van der Waals surface area contributed by atoms with E-state index in [0.29, 0.717) is 29.1 Å². The summed E-state index contributed by atoms with van der Waals surface area (Å²) in [6.45, 7) is 2.80. The molecule has 0 saturated carbocycles. The zero-order valence-electron chi connectivity index (χ0n) is 20.6. The average molecular weight is 512 g/mol. The summed E-state index contributed by atoms with van der Waals surface area (Å²) in [4.78, 5) is 12.8. The summed E-state index contributed by atoms with van der Waals surface area (Å²) in [7, 11) is -3.64. The first-order valence-corrected chi connectivity index (χ1v) is 13.9. The summed E-state index contributed by atoms with van der Waals surface area (Å²) < 4.78 is 29.0. The lowest BCUT2D eigenvalue weighted by molar-refractivity contribution is 0.241. The molecular weight excluding hydrogens is 482 g/mol. The lowest BCUT2D eigenvalue weighted by Crippen LogP contribution is -2.37. The Morgan fingerprint density at radius 1 is 0.784 bits per heavy atom. The number of fused-ring (bicyclic) bond motifs is 2. The number of carbonyl (C=O) groups excluding carboxylic acids is 1. The summed E-state index contributed by atoms with van der Waals surface area (Å²) in [5.74, 6) is -0.186. The molecule has 1 heterocycles. The number of hydrogen-bond donors (Lipinski definition) is 2. The number of aromatic nitrogens is 1. The average Bonchev–Trinajstić information content (AvgIpc) is 3.19. The minimum atomic E-state index is -3.64. The lowest BCUT2D eigenvalue weighted by Gasteiger charge is -2.11. The van der Waals surface area contributed by atoms with Crippen molar-refractivity contribution in [2.45, 2.75) is 24.9 Å². The van der Waals surface area contributed by atoms with E-state index in [1.165, 1.54) is 0 Å². The maximum absolute atomic E-state index is 13.5. The molecule has 37 heavy (non-hydrogen) atoms. The Morgan fingerprint density at radius 2 is 1.46 bits per heavy atom. The van der Waals surface area contributed by atoms with Crippen molar-refractivity contribution in [2.75, 3.05) is 12.3 Å². The number of sulfone groups is 1. The molecule has 0 fully saturated rings. The molecule has 5 aromatic rings. The predicted octanol–water partition coefficient (Wildman–Crippen LogP) is 5.42. The van der Waals surface area contributed by atoms with E-state index >= 15 is 0 Å². The number of hydrogen-bond acceptors (Lipinski definition) is 3. The van der Waals surface area contributed by atoms with Crippen LogP contribution in [0, 0.1) is 6.92 Å². The van der Waals surface area contributed by atoms with Crippen molar-refractivity contribution in [2.24, 2.45) is 0 Å². The van der Waals surface area contributed by atoms with E-state index in [1.807, 2.05) is 109 Å². The van der Waals surface area contributed by atoms with Crippen LogP contribution in [0.15, 0.2) is 102 Å².